The van der Waals surface area contributed by atoms with Gasteiger partial charge >= 0.3 is 0 Å². The Hall–Kier alpha value is -2.50. The second kappa shape index (κ2) is 6.91. The van der Waals surface area contributed by atoms with Gasteiger partial charge in [0.05, 0.1) is 12.0 Å². The quantitative estimate of drug-likeness (QED) is 0.573. The van der Waals surface area contributed by atoms with E-state index in [0.29, 0.717) is 5.92 Å². The molecule has 0 unspecified atom stereocenters. The third kappa shape index (κ3) is 3.17. The third-order valence-corrected chi connectivity index (χ3v) is 6.85. The maximum Gasteiger partial charge on any atom is 0.250 e. The van der Waals surface area contributed by atoms with Gasteiger partial charge < -0.3 is 4.98 Å². The standard InChI is InChI=1S/C22H21N3OS/c26-21-12-19(23-14-24-21)15-8-10-25(11-9-15)13-16-4-3-6-18-17-5-1-2-7-20(17)27-22(16)18/h1-7,12,14-15H,8-11,13H2,(H,23,24,26). The van der Waals surface area contributed by atoms with Gasteiger partial charge in [-0.1, -0.05) is 36.4 Å². The van der Waals surface area contributed by atoms with Crippen molar-refractivity contribution in [2.45, 2.75) is 25.3 Å². The highest BCUT2D eigenvalue weighted by molar-refractivity contribution is 7.26. The summed E-state index contributed by atoms with van der Waals surface area (Å²) < 4.78 is 2.77. The molecule has 2 aromatic carbocycles. The fourth-order valence-electron chi connectivity index (χ4n) is 4.16. The van der Waals surface area contributed by atoms with Gasteiger partial charge in [0.25, 0.3) is 5.56 Å². The summed E-state index contributed by atoms with van der Waals surface area (Å²) in [6, 6.07) is 17.0. The van der Waals surface area contributed by atoms with Crippen molar-refractivity contribution in [1.29, 1.82) is 0 Å². The van der Waals surface area contributed by atoms with Gasteiger partial charge in [-0.2, -0.15) is 0 Å². The van der Waals surface area contributed by atoms with Crippen molar-refractivity contribution < 1.29 is 0 Å². The molecule has 0 bridgehead atoms. The molecule has 0 spiro atoms. The Morgan fingerprint density at radius 3 is 2.74 bits per heavy atom. The van der Waals surface area contributed by atoms with E-state index < -0.39 is 0 Å². The number of benzene rings is 2. The summed E-state index contributed by atoms with van der Waals surface area (Å²) in [7, 11) is 0. The minimum absolute atomic E-state index is 0.0566. The molecule has 1 fully saturated rings. The number of nitrogens with zero attached hydrogens (tertiary/aromatic N) is 2. The topological polar surface area (TPSA) is 49.0 Å². The molecule has 1 aliphatic rings. The zero-order valence-corrected chi connectivity index (χ0v) is 15.8. The first-order chi connectivity index (χ1) is 13.3. The minimum atomic E-state index is -0.0566. The molecule has 136 valence electrons. The number of hydrogen-bond donors (Lipinski definition) is 1. The first-order valence-electron chi connectivity index (χ1n) is 9.44. The first-order valence-corrected chi connectivity index (χ1v) is 10.3. The Labute approximate surface area is 161 Å². The molecule has 3 heterocycles. The number of piperidine rings is 1. The van der Waals surface area contributed by atoms with Crippen LogP contribution in [0.15, 0.2) is 59.7 Å². The molecule has 1 N–H and O–H groups in total. The third-order valence-electron chi connectivity index (χ3n) is 5.59. The molecule has 4 aromatic rings. The fraction of sp³-hybridized carbons (Fsp3) is 0.273. The molecule has 0 atom stereocenters. The number of nitrogens with one attached hydrogen (secondary N) is 1. The van der Waals surface area contributed by atoms with Crippen LogP contribution in [0.4, 0.5) is 0 Å². The Kier molecular flexibility index (Phi) is 4.26. The van der Waals surface area contributed by atoms with Gasteiger partial charge in [-0.3, -0.25) is 9.69 Å². The molecule has 5 rings (SSSR count). The van der Waals surface area contributed by atoms with Crippen molar-refractivity contribution in [1.82, 2.24) is 14.9 Å². The van der Waals surface area contributed by atoms with E-state index in [0.717, 1.165) is 38.2 Å². The van der Waals surface area contributed by atoms with Crippen molar-refractivity contribution in [2.75, 3.05) is 13.1 Å². The van der Waals surface area contributed by atoms with Crippen LogP contribution in [0.5, 0.6) is 0 Å². The Bertz CT molecular complexity index is 1150. The molecule has 27 heavy (non-hydrogen) atoms. The molecule has 0 saturated carbocycles. The lowest BCUT2D eigenvalue weighted by Gasteiger charge is -2.31. The molecule has 4 nitrogen and oxygen atoms in total. The summed E-state index contributed by atoms with van der Waals surface area (Å²) in [5.41, 5.74) is 2.30. The zero-order valence-electron chi connectivity index (χ0n) is 15.0. The molecule has 0 radical (unpaired) electrons. The van der Waals surface area contributed by atoms with E-state index in [1.54, 1.807) is 6.07 Å². The molecular formula is C22H21N3OS. The SMILES string of the molecule is O=c1cc(C2CCN(Cc3cccc4c3sc3ccccc34)CC2)nc[nH]1. The summed E-state index contributed by atoms with van der Waals surface area (Å²) in [4.78, 5) is 21.0. The van der Waals surface area contributed by atoms with Crippen molar-refractivity contribution >= 4 is 31.5 Å². The average Bonchev–Trinajstić information content (AvgIpc) is 3.09. The van der Waals surface area contributed by atoms with Gasteiger partial charge in [0.15, 0.2) is 0 Å². The maximum absolute atomic E-state index is 11.5. The second-order valence-corrected chi connectivity index (χ2v) is 8.33. The largest absolute Gasteiger partial charge is 0.313 e. The van der Waals surface area contributed by atoms with E-state index in [2.05, 4.69) is 57.3 Å². The van der Waals surface area contributed by atoms with Crippen LogP contribution in [0.25, 0.3) is 20.2 Å². The molecule has 5 heteroatoms. The molecule has 1 saturated heterocycles. The van der Waals surface area contributed by atoms with Gasteiger partial charge in [0.1, 0.15) is 0 Å². The lowest BCUT2D eigenvalue weighted by atomic mass is 9.93. The van der Waals surface area contributed by atoms with E-state index in [1.165, 1.54) is 32.1 Å². The number of likely N-dealkylation sites (tertiary alicyclic amines) is 1. The number of H-pyrrole nitrogens is 1. The highest BCUT2D eigenvalue weighted by Gasteiger charge is 2.22. The van der Waals surface area contributed by atoms with Crippen molar-refractivity contribution in [2.24, 2.45) is 0 Å². The van der Waals surface area contributed by atoms with Crippen LogP contribution >= 0.6 is 11.3 Å². The van der Waals surface area contributed by atoms with Crippen LogP contribution in [0.2, 0.25) is 0 Å². The van der Waals surface area contributed by atoms with Gasteiger partial charge in [-0.25, -0.2) is 4.98 Å². The Morgan fingerprint density at radius 2 is 1.89 bits per heavy atom. The van der Waals surface area contributed by atoms with Crippen LogP contribution in [-0.2, 0) is 6.54 Å². The number of fused-ring (bicyclic) bond motifs is 3. The van der Waals surface area contributed by atoms with Gasteiger partial charge in [0, 0.05) is 38.7 Å². The van der Waals surface area contributed by atoms with Crippen LogP contribution < -0.4 is 5.56 Å². The van der Waals surface area contributed by atoms with Crippen LogP contribution in [0.1, 0.15) is 30.0 Å². The Morgan fingerprint density at radius 1 is 1.07 bits per heavy atom. The number of rotatable bonds is 3. The highest BCUT2D eigenvalue weighted by Crippen LogP contribution is 2.36. The molecule has 0 aliphatic carbocycles. The normalized spacial score (nSPS) is 16.3. The van der Waals surface area contributed by atoms with E-state index in [-0.39, 0.29) is 5.56 Å². The molecule has 1 aliphatic heterocycles. The summed E-state index contributed by atoms with van der Waals surface area (Å²) >= 11 is 1.90. The van der Waals surface area contributed by atoms with E-state index in [9.17, 15) is 4.79 Å². The van der Waals surface area contributed by atoms with Crippen LogP contribution in [0.3, 0.4) is 0 Å². The smallest absolute Gasteiger partial charge is 0.250 e. The summed E-state index contributed by atoms with van der Waals surface area (Å²) in [5.74, 6) is 0.392. The van der Waals surface area contributed by atoms with Gasteiger partial charge in [-0.15, -0.1) is 11.3 Å². The van der Waals surface area contributed by atoms with Crippen molar-refractivity contribution in [3.05, 3.63) is 76.5 Å². The summed E-state index contributed by atoms with van der Waals surface area (Å²) in [6.45, 7) is 3.07. The van der Waals surface area contributed by atoms with Crippen molar-refractivity contribution in [3.63, 3.8) is 0 Å². The first kappa shape index (κ1) is 16.7. The predicted molar refractivity (Wildman–Crippen MR) is 111 cm³/mol. The lowest BCUT2D eigenvalue weighted by Crippen LogP contribution is -2.33. The maximum atomic E-state index is 11.5. The molecule has 0 amide bonds. The number of thiophene rings is 1. The predicted octanol–water partition coefficient (Wildman–Crippen LogP) is 4.52. The Balaban J connectivity index is 1.35. The zero-order chi connectivity index (χ0) is 18.2. The number of aromatic amines is 1. The van der Waals surface area contributed by atoms with Gasteiger partial charge in [-0.05, 0) is 37.6 Å². The van der Waals surface area contributed by atoms with E-state index >= 15 is 0 Å². The summed E-state index contributed by atoms with van der Waals surface area (Å²) in [5, 5.41) is 2.73. The van der Waals surface area contributed by atoms with Crippen molar-refractivity contribution in [3.8, 4) is 0 Å². The van der Waals surface area contributed by atoms with E-state index in [1.807, 2.05) is 11.3 Å². The second-order valence-electron chi connectivity index (χ2n) is 7.28. The molecular weight excluding hydrogens is 354 g/mol. The average molecular weight is 375 g/mol. The summed E-state index contributed by atoms with van der Waals surface area (Å²) in [6.07, 6.45) is 3.63. The minimum Gasteiger partial charge on any atom is -0.313 e. The number of aromatic nitrogens is 2. The van der Waals surface area contributed by atoms with Crippen LogP contribution in [0, 0.1) is 0 Å². The monoisotopic (exact) mass is 375 g/mol. The lowest BCUT2D eigenvalue weighted by molar-refractivity contribution is 0.204. The fourth-order valence-corrected chi connectivity index (χ4v) is 5.37. The molecule has 2 aromatic heterocycles. The van der Waals surface area contributed by atoms with Crippen LogP contribution in [-0.4, -0.2) is 28.0 Å². The highest BCUT2D eigenvalue weighted by atomic mass is 32.1. The van der Waals surface area contributed by atoms with E-state index in [4.69, 9.17) is 0 Å². The van der Waals surface area contributed by atoms with Gasteiger partial charge in [0.2, 0.25) is 0 Å². The number of hydrogen-bond acceptors (Lipinski definition) is 4.